The average Bonchev–Trinajstić information content (AvgIpc) is 2.46. The third-order valence-corrected chi connectivity index (χ3v) is 3.89. The van der Waals surface area contributed by atoms with Crippen molar-refractivity contribution in [3.63, 3.8) is 0 Å². The summed E-state index contributed by atoms with van der Waals surface area (Å²) in [4.78, 5) is 17.8. The van der Waals surface area contributed by atoms with Crippen LogP contribution in [0.1, 0.15) is 19.3 Å². The van der Waals surface area contributed by atoms with Gasteiger partial charge in [-0.15, -0.1) is 0 Å². The summed E-state index contributed by atoms with van der Waals surface area (Å²) in [5.74, 6) is 0.483. The number of hydrogen-bond donors (Lipinski definition) is 1. The van der Waals surface area contributed by atoms with Crippen LogP contribution in [-0.2, 0) is 4.79 Å². The number of nitrogens with zero attached hydrogens (tertiary/aromatic N) is 2. The zero-order valence-electron chi connectivity index (χ0n) is 11.3. The molecule has 1 aromatic heterocycles. The van der Waals surface area contributed by atoms with Gasteiger partial charge < -0.3 is 10.0 Å². The Kier molecular flexibility index (Phi) is 3.54. The van der Waals surface area contributed by atoms with Crippen molar-refractivity contribution in [3.05, 3.63) is 36.4 Å². The normalized spacial score (nSPS) is 19.2. The van der Waals surface area contributed by atoms with Crippen molar-refractivity contribution in [2.24, 2.45) is 5.92 Å². The van der Waals surface area contributed by atoms with Crippen LogP contribution in [0.4, 0.5) is 5.82 Å². The maximum Gasteiger partial charge on any atom is 0.303 e. The Morgan fingerprint density at radius 1 is 1.30 bits per heavy atom. The molecule has 4 heteroatoms. The Morgan fingerprint density at radius 3 is 3.00 bits per heavy atom. The van der Waals surface area contributed by atoms with Crippen LogP contribution in [-0.4, -0.2) is 29.1 Å². The molecule has 2 heterocycles. The second-order valence-corrected chi connectivity index (χ2v) is 5.41. The van der Waals surface area contributed by atoms with Crippen molar-refractivity contribution in [1.29, 1.82) is 0 Å². The monoisotopic (exact) mass is 270 g/mol. The Hall–Kier alpha value is -2.10. The van der Waals surface area contributed by atoms with Crippen molar-refractivity contribution >= 4 is 22.7 Å². The largest absolute Gasteiger partial charge is 0.481 e. The minimum Gasteiger partial charge on any atom is -0.481 e. The number of aromatic nitrogens is 1. The molecule has 1 fully saturated rings. The Bertz CT molecular complexity index is 627. The predicted octanol–water partition coefficient (Wildman–Crippen LogP) is 2.93. The first kappa shape index (κ1) is 12.9. The van der Waals surface area contributed by atoms with Gasteiger partial charge in [-0.1, -0.05) is 18.2 Å². The number of benzene rings is 1. The summed E-state index contributed by atoms with van der Waals surface area (Å²) in [5, 5.41) is 10.1. The fourth-order valence-electron chi connectivity index (χ4n) is 2.92. The first-order valence-electron chi connectivity index (χ1n) is 7.05. The standard InChI is InChI=1S/C16H18N2O2/c19-16(20)10-12-4-3-9-18(11-12)15-8-7-13-5-1-2-6-14(13)17-15/h1-2,5-8,12H,3-4,9-11H2,(H,19,20). The molecule has 0 amide bonds. The van der Waals surface area contributed by atoms with E-state index in [0.29, 0.717) is 0 Å². The van der Waals surface area contributed by atoms with Crippen LogP contribution in [0.25, 0.3) is 10.9 Å². The highest BCUT2D eigenvalue weighted by Gasteiger charge is 2.22. The number of rotatable bonds is 3. The molecule has 0 aliphatic carbocycles. The molecule has 1 aliphatic rings. The molecule has 1 aromatic carbocycles. The van der Waals surface area contributed by atoms with E-state index in [2.05, 4.69) is 17.0 Å². The first-order valence-corrected chi connectivity index (χ1v) is 7.05. The molecule has 104 valence electrons. The molecule has 20 heavy (non-hydrogen) atoms. The molecule has 2 aromatic rings. The third-order valence-electron chi connectivity index (χ3n) is 3.89. The molecule has 0 saturated carbocycles. The zero-order valence-corrected chi connectivity index (χ0v) is 11.3. The van der Waals surface area contributed by atoms with E-state index in [-0.39, 0.29) is 12.3 Å². The lowest BCUT2D eigenvalue weighted by Gasteiger charge is -2.33. The number of carbonyl (C=O) groups is 1. The minimum atomic E-state index is -0.705. The number of carboxylic acids is 1. The number of carboxylic acid groups (broad SMARTS) is 1. The van der Waals surface area contributed by atoms with Crippen LogP contribution in [0.2, 0.25) is 0 Å². The molecule has 0 spiro atoms. The van der Waals surface area contributed by atoms with Gasteiger partial charge in [-0.3, -0.25) is 4.79 Å². The molecule has 3 rings (SSSR count). The van der Waals surface area contributed by atoms with Crippen LogP contribution in [0.3, 0.4) is 0 Å². The van der Waals surface area contributed by atoms with E-state index in [1.54, 1.807) is 0 Å². The summed E-state index contributed by atoms with van der Waals surface area (Å²) in [7, 11) is 0. The van der Waals surface area contributed by atoms with Gasteiger partial charge in [-0.05, 0) is 37.0 Å². The average molecular weight is 270 g/mol. The second kappa shape index (κ2) is 5.49. The van der Waals surface area contributed by atoms with Crippen molar-refractivity contribution in [1.82, 2.24) is 4.98 Å². The highest BCUT2D eigenvalue weighted by molar-refractivity contribution is 5.80. The highest BCUT2D eigenvalue weighted by Crippen LogP contribution is 2.25. The molecule has 1 saturated heterocycles. The molecular weight excluding hydrogens is 252 g/mol. The quantitative estimate of drug-likeness (QED) is 0.931. The number of para-hydroxylation sites is 1. The predicted molar refractivity (Wildman–Crippen MR) is 78.9 cm³/mol. The zero-order chi connectivity index (χ0) is 13.9. The van der Waals surface area contributed by atoms with Gasteiger partial charge in [0.1, 0.15) is 5.82 Å². The van der Waals surface area contributed by atoms with Crippen LogP contribution < -0.4 is 4.90 Å². The summed E-state index contributed by atoms with van der Waals surface area (Å²) in [6.07, 6.45) is 2.28. The summed E-state index contributed by atoms with van der Waals surface area (Å²) in [6, 6.07) is 12.2. The van der Waals surface area contributed by atoms with Crippen LogP contribution in [0.5, 0.6) is 0 Å². The highest BCUT2D eigenvalue weighted by atomic mass is 16.4. The lowest BCUT2D eigenvalue weighted by Crippen LogP contribution is -2.36. The Morgan fingerprint density at radius 2 is 2.15 bits per heavy atom. The fraction of sp³-hybridized carbons (Fsp3) is 0.375. The second-order valence-electron chi connectivity index (χ2n) is 5.41. The number of hydrogen-bond acceptors (Lipinski definition) is 3. The molecule has 4 nitrogen and oxygen atoms in total. The number of fused-ring (bicyclic) bond motifs is 1. The van der Waals surface area contributed by atoms with Crippen LogP contribution >= 0.6 is 0 Å². The lowest BCUT2D eigenvalue weighted by molar-refractivity contribution is -0.138. The van der Waals surface area contributed by atoms with E-state index in [4.69, 9.17) is 10.1 Å². The molecule has 1 unspecified atom stereocenters. The lowest BCUT2D eigenvalue weighted by atomic mass is 9.95. The van der Waals surface area contributed by atoms with Gasteiger partial charge in [0.05, 0.1) is 5.52 Å². The van der Waals surface area contributed by atoms with Gasteiger partial charge in [-0.25, -0.2) is 4.98 Å². The Labute approximate surface area is 118 Å². The van der Waals surface area contributed by atoms with Crippen molar-refractivity contribution in [2.45, 2.75) is 19.3 Å². The smallest absolute Gasteiger partial charge is 0.303 e. The minimum absolute atomic E-state index is 0.231. The molecule has 0 radical (unpaired) electrons. The maximum absolute atomic E-state index is 10.9. The molecule has 1 aliphatic heterocycles. The van der Waals surface area contributed by atoms with Gasteiger partial charge in [-0.2, -0.15) is 0 Å². The van der Waals surface area contributed by atoms with E-state index >= 15 is 0 Å². The summed E-state index contributed by atoms with van der Waals surface area (Å²) >= 11 is 0. The van der Waals surface area contributed by atoms with E-state index in [0.717, 1.165) is 42.7 Å². The van der Waals surface area contributed by atoms with Gasteiger partial charge in [0, 0.05) is 24.9 Å². The molecular formula is C16H18N2O2. The number of anilines is 1. The van der Waals surface area contributed by atoms with E-state index in [9.17, 15) is 4.79 Å². The maximum atomic E-state index is 10.9. The van der Waals surface area contributed by atoms with Crippen molar-refractivity contribution in [3.8, 4) is 0 Å². The van der Waals surface area contributed by atoms with Gasteiger partial charge in [0.15, 0.2) is 0 Å². The van der Waals surface area contributed by atoms with Crippen LogP contribution in [0, 0.1) is 5.92 Å². The summed E-state index contributed by atoms with van der Waals surface area (Å²) in [6.45, 7) is 1.75. The molecule has 0 bridgehead atoms. The summed E-state index contributed by atoms with van der Waals surface area (Å²) < 4.78 is 0. The van der Waals surface area contributed by atoms with E-state index in [1.807, 2.05) is 24.3 Å². The van der Waals surface area contributed by atoms with Gasteiger partial charge >= 0.3 is 5.97 Å². The topological polar surface area (TPSA) is 53.4 Å². The van der Waals surface area contributed by atoms with Gasteiger partial charge in [0.2, 0.25) is 0 Å². The summed E-state index contributed by atoms with van der Waals surface area (Å²) in [5.41, 5.74) is 0.991. The van der Waals surface area contributed by atoms with Crippen molar-refractivity contribution in [2.75, 3.05) is 18.0 Å². The van der Waals surface area contributed by atoms with Crippen molar-refractivity contribution < 1.29 is 9.90 Å². The number of pyridine rings is 1. The number of aliphatic carboxylic acids is 1. The molecule has 1 atom stereocenters. The van der Waals surface area contributed by atoms with Gasteiger partial charge in [0.25, 0.3) is 0 Å². The number of piperidine rings is 1. The first-order chi connectivity index (χ1) is 9.72. The van der Waals surface area contributed by atoms with E-state index < -0.39 is 5.97 Å². The third kappa shape index (κ3) is 2.74. The Balaban J connectivity index is 1.81. The SMILES string of the molecule is O=C(O)CC1CCCN(c2ccc3ccccc3n2)C1. The van der Waals surface area contributed by atoms with Crippen LogP contribution in [0.15, 0.2) is 36.4 Å². The van der Waals surface area contributed by atoms with E-state index in [1.165, 1.54) is 0 Å². The fourth-order valence-corrected chi connectivity index (χ4v) is 2.92. The molecule has 1 N–H and O–H groups in total.